The Bertz CT molecular complexity index is 336. The van der Waals surface area contributed by atoms with Crippen molar-refractivity contribution in [1.82, 2.24) is 10.3 Å². The van der Waals surface area contributed by atoms with E-state index in [-0.39, 0.29) is 0 Å². The molecule has 0 radical (unpaired) electrons. The van der Waals surface area contributed by atoms with Gasteiger partial charge in [-0.15, -0.1) is 0 Å². The van der Waals surface area contributed by atoms with Gasteiger partial charge in [0.1, 0.15) is 0 Å². The highest BCUT2D eigenvalue weighted by molar-refractivity contribution is 5.18. The molecule has 0 aromatic carbocycles. The van der Waals surface area contributed by atoms with Gasteiger partial charge in [-0.1, -0.05) is 25.8 Å². The molecule has 2 heteroatoms. The van der Waals surface area contributed by atoms with E-state index in [0.717, 1.165) is 17.5 Å². The molecule has 1 saturated carbocycles. The van der Waals surface area contributed by atoms with Gasteiger partial charge in [-0.05, 0) is 50.3 Å². The maximum atomic E-state index is 4.42. The average molecular weight is 232 g/mol. The smallest absolute Gasteiger partial charge is 0.0372 e. The summed E-state index contributed by atoms with van der Waals surface area (Å²) in [7, 11) is 2.07. The maximum absolute atomic E-state index is 4.42. The first-order valence-electron chi connectivity index (χ1n) is 6.80. The number of pyridine rings is 1. The fraction of sp³-hybridized carbons (Fsp3) is 0.667. The van der Waals surface area contributed by atoms with E-state index in [0.29, 0.717) is 6.04 Å². The quantitative estimate of drug-likeness (QED) is 0.863. The summed E-state index contributed by atoms with van der Waals surface area (Å²) < 4.78 is 0. The predicted molar refractivity (Wildman–Crippen MR) is 71.9 cm³/mol. The van der Waals surface area contributed by atoms with E-state index in [4.69, 9.17) is 0 Å². The minimum atomic E-state index is 0.482. The van der Waals surface area contributed by atoms with Gasteiger partial charge in [-0.2, -0.15) is 0 Å². The molecule has 0 bridgehead atoms. The van der Waals surface area contributed by atoms with Gasteiger partial charge < -0.3 is 5.32 Å². The molecule has 1 unspecified atom stereocenters. The lowest BCUT2D eigenvalue weighted by molar-refractivity contribution is 0.237. The lowest BCUT2D eigenvalue weighted by Gasteiger charge is -2.32. The van der Waals surface area contributed by atoms with Crippen LogP contribution < -0.4 is 5.32 Å². The minimum Gasteiger partial charge on any atom is -0.313 e. The molecule has 94 valence electrons. The summed E-state index contributed by atoms with van der Waals surface area (Å²) in [5.41, 5.74) is 2.44. The molecular formula is C15H24N2. The third-order valence-corrected chi connectivity index (χ3v) is 4.14. The molecule has 1 N–H and O–H groups in total. The van der Waals surface area contributed by atoms with Gasteiger partial charge in [-0.3, -0.25) is 4.98 Å². The number of aromatic nitrogens is 1. The number of nitrogens with zero attached hydrogens (tertiary/aromatic N) is 1. The van der Waals surface area contributed by atoms with Crippen LogP contribution in [0.2, 0.25) is 0 Å². The Morgan fingerprint density at radius 2 is 1.94 bits per heavy atom. The van der Waals surface area contributed by atoms with Crippen LogP contribution in [0.5, 0.6) is 0 Å². The van der Waals surface area contributed by atoms with Gasteiger partial charge in [0.2, 0.25) is 0 Å². The predicted octanol–water partition coefficient (Wildman–Crippen LogP) is 3.48. The van der Waals surface area contributed by atoms with Gasteiger partial charge in [0.05, 0.1) is 0 Å². The summed E-state index contributed by atoms with van der Waals surface area (Å²) in [6.07, 6.45) is 7.49. The van der Waals surface area contributed by atoms with E-state index in [9.17, 15) is 0 Å². The Morgan fingerprint density at radius 3 is 2.47 bits per heavy atom. The van der Waals surface area contributed by atoms with Crippen molar-refractivity contribution in [2.75, 3.05) is 7.05 Å². The van der Waals surface area contributed by atoms with Gasteiger partial charge in [0, 0.05) is 17.9 Å². The first-order valence-corrected chi connectivity index (χ1v) is 6.80. The van der Waals surface area contributed by atoms with Gasteiger partial charge in [-0.25, -0.2) is 0 Å². The molecular weight excluding hydrogens is 208 g/mol. The molecule has 0 saturated heterocycles. The second kappa shape index (κ2) is 5.63. The van der Waals surface area contributed by atoms with Crippen LogP contribution in [0.25, 0.3) is 0 Å². The topological polar surface area (TPSA) is 24.9 Å². The molecule has 17 heavy (non-hydrogen) atoms. The summed E-state index contributed by atoms with van der Waals surface area (Å²) in [5.74, 6) is 1.70. The number of hydrogen-bond acceptors (Lipinski definition) is 2. The second-order valence-corrected chi connectivity index (χ2v) is 5.52. The first kappa shape index (κ1) is 12.6. The van der Waals surface area contributed by atoms with E-state index in [1.807, 2.05) is 13.1 Å². The van der Waals surface area contributed by atoms with E-state index >= 15 is 0 Å². The molecule has 1 heterocycles. The van der Waals surface area contributed by atoms with E-state index in [1.54, 1.807) is 0 Å². The molecule has 1 atom stereocenters. The fourth-order valence-corrected chi connectivity index (χ4v) is 2.96. The van der Waals surface area contributed by atoms with Crippen LogP contribution in [0.1, 0.15) is 49.9 Å². The number of aryl methyl sites for hydroxylation is 1. The summed E-state index contributed by atoms with van der Waals surface area (Å²) in [4.78, 5) is 4.42. The second-order valence-electron chi connectivity index (χ2n) is 5.52. The number of nitrogens with one attached hydrogen (secondary N) is 1. The lowest BCUT2D eigenvalue weighted by atomic mass is 9.77. The largest absolute Gasteiger partial charge is 0.313 e. The maximum Gasteiger partial charge on any atom is 0.0372 e. The minimum absolute atomic E-state index is 0.482. The van der Waals surface area contributed by atoms with Crippen LogP contribution in [0.4, 0.5) is 0 Å². The highest BCUT2D eigenvalue weighted by atomic mass is 14.9. The summed E-state index contributed by atoms with van der Waals surface area (Å²) in [6.45, 7) is 4.42. The Morgan fingerprint density at radius 1 is 1.24 bits per heavy atom. The van der Waals surface area contributed by atoms with E-state index in [2.05, 4.69) is 36.4 Å². The van der Waals surface area contributed by atoms with Gasteiger partial charge in [0.25, 0.3) is 0 Å². The van der Waals surface area contributed by atoms with Crippen LogP contribution in [-0.2, 0) is 0 Å². The SMILES string of the molecule is CNC(c1ccc(C)nc1)C1CCC(C)CC1. The highest BCUT2D eigenvalue weighted by Gasteiger charge is 2.26. The molecule has 0 aliphatic heterocycles. The zero-order valence-electron chi connectivity index (χ0n) is 11.2. The summed E-state index contributed by atoms with van der Waals surface area (Å²) >= 11 is 0. The van der Waals surface area contributed by atoms with Crippen molar-refractivity contribution in [3.05, 3.63) is 29.6 Å². The van der Waals surface area contributed by atoms with E-state index in [1.165, 1.54) is 31.2 Å². The van der Waals surface area contributed by atoms with Crippen molar-refractivity contribution < 1.29 is 0 Å². The zero-order valence-corrected chi connectivity index (χ0v) is 11.2. The molecule has 0 spiro atoms. The molecule has 1 aromatic heterocycles. The van der Waals surface area contributed by atoms with Crippen LogP contribution in [0, 0.1) is 18.8 Å². The fourth-order valence-electron chi connectivity index (χ4n) is 2.96. The Labute approximate surface area is 105 Å². The third kappa shape index (κ3) is 3.06. The standard InChI is InChI=1S/C15H24N2/c1-11-4-7-13(8-5-11)15(16-3)14-9-6-12(2)17-10-14/h6,9-11,13,15-16H,4-5,7-8H2,1-3H3. The van der Waals surface area contributed by atoms with Crippen molar-refractivity contribution in [2.45, 2.75) is 45.6 Å². The lowest BCUT2D eigenvalue weighted by Crippen LogP contribution is -2.28. The molecule has 1 aliphatic rings. The molecule has 1 aromatic rings. The van der Waals surface area contributed by atoms with Crippen molar-refractivity contribution in [3.8, 4) is 0 Å². The Balaban J connectivity index is 2.08. The Hall–Kier alpha value is -0.890. The highest BCUT2D eigenvalue weighted by Crippen LogP contribution is 2.36. The van der Waals surface area contributed by atoms with Crippen LogP contribution in [0.3, 0.4) is 0 Å². The molecule has 2 nitrogen and oxygen atoms in total. The molecule has 2 rings (SSSR count). The zero-order chi connectivity index (χ0) is 12.3. The average Bonchev–Trinajstić information content (AvgIpc) is 2.35. The van der Waals surface area contributed by atoms with Crippen molar-refractivity contribution >= 4 is 0 Å². The summed E-state index contributed by atoms with van der Waals surface area (Å²) in [6, 6.07) is 4.82. The third-order valence-electron chi connectivity index (χ3n) is 4.14. The van der Waals surface area contributed by atoms with E-state index < -0.39 is 0 Å². The van der Waals surface area contributed by atoms with Gasteiger partial charge >= 0.3 is 0 Å². The van der Waals surface area contributed by atoms with Crippen LogP contribution >= 0.6 is 0 Å². The molecule has 0 amide bonds. The number of hydrogen-bond donors (Lipinski definition) is 1. The van der Waals surface area contributed by atoms with Crippen LogP contribution in [0.15, 0.2) is 18.3 Å². The first-order chi connectivity index (χ1) is 8.20. The van der Waals surface area contributed by atoms with Crippen molar-refractivity contribution in [3.63, 3.8) is 0 Å². The summed E-state index contributed by atoms with van der Waals surface area (Å²) in [5, 5.41) is 3.48. The molecule has 1 aliphatic carbocycles. The number of rotatable bonds is 3. The van der Waals surface area contributed by atoms with Crippen molar-refractivity contribution in [1.29, 1.82) is 0 Å². The van der Waals surface area contributed by atoms with Gasteiger partial charge in [0.15, 0.2) is 0 Å². The molecule has 1 fully saturated rings. The normalized spacial score (nSPS) is 26.8. The Kier molecular flexibility index (Phi) is 4.16. The van der Waals surface area contributed by atoms with Crippen LogP contribution in [-0.4, -0.2) is 12.0 Å². The van der Waals surface area contributed by atoms with Crippen molar-refractivity contribution in [2.24, 2.45) is 11.8 Å². The monoisotopic (exact) mass is 232 g/mol.